The Labute approximate surface area is 173 Å². The standard InChI is InChI=1S/C21H23FN4O4/c22-17-11-23-21(24-15-5-1-4-14(9-15)20(28)29)25-19(17)13-3-2-6-16(10-13)26-7-8-30-12-18(26)27/h2-3,6,10-11,14-15H,1,4-5,7-9,12H2,(H,28,29)(H,23,24,25). The van der Waals surface area contributed by atoms with Gasteiger partial charge in [-0.1, -0.05) is 18.6 Å². The highest BCUT2D eigenvalue weighted by molar-refractivity contribution is 5.95. The van der Waals surface area contributed by atoms with Gasteiger partial charge in [0.25, 0.3) is 5.91 Å². The number of carboxylic acid groups (broad SMARTS) is 1. The van der Waals surface area contributed by atoms with Crippen LogP contribution in [0.25, 0.3) is 11.3 Å². The maximum absolute atomic E-state index is 14.5. The Hall–Kier alpha value is -3.07. The number of amides is 1. The molecule has 1 saturated carbocycles. The molecule has 0 spiro atoms. The molecule has 2 aliphatic rings. The van der Waals surface area contributed by atoms with Crippen LogP contribution in [0.15, 0.2) is 30.5 Å². The number of carbonyl (C=O) groups excluding carboxylic acids is 1. The summed E-state index contributed by atoms with van der Waals surface area (Å²) in [6.07, 6.45) is 3.87. The minimum atomic E-state index is -0.795. The highest BCUT2D eigenvalue weighted by Gasteiger charge is 2.27. The van der Waals surface area contributed by atoms with Crippen molar-refractivity contribution in [2.45, 2.75) is 31.7 Å². The van der Waals surface area contributed by atoms with Crippen LogP contribution in [0.4, 0.5) is 16.0 Å². The number of aromatic nitrogens is 2. The molecule has 1 aromatic heterocycles. The third-order valence-corrected chi connectivity index (χ3v) is 5.52. The van der Waals surface area contributed by atoms with Crippen LogP contribution in [0.1, 0.15) is 25.7 Å². The molecule has 158 valence electrons. The monoisotopic (exact) mass is 414 g/mol. The van der Waals surface area contributed by atoms with Crippen molar-refractivity contribution in [2.24, 2.45) is 5.92 Å². The molecule has 0 radical (unpaired) electrons. The van der Waals surface area contributed by atoms with E-state index < -0.39 is 11.8 Å². The van der Waals surface area contributed by atoms with Crippen molar-refractivity contribution in [1.82, 2.24) is 9.97 Å². The molecular formula is C21H23FN4O4. The highest BCUT2D eigenvalue weighted by atomic mass is 19.1. The zero-order chi connectivity index (χ0) is 21.1. The number of carboxylic acids is 1. The van der Waals surface area contributed by atoms with Gasteiger partial charge in [-0.05, 0) is 31.4 Å². The number of halogens is 1. The number of hydrogen-bond acceptors (Lipinski definition) is 6. The van der Waals surface area contributed by atoms with Gasteiger partial charge in [0.05, 0.1) is 18.7 Å². The number of nitrogens with zero attached hydrogens (tertiary/aromatic N) is 3. The average molecular weight is 414 g/mol. The zero-order valence-corrected chi connectivity index (χ0v) is 16.4. The molecule has 1 amide bonds. The summed E-state index contributed by atoms with van der Waals surface area (Å²) in [7, 11) is 0. The van der Waals surface area contributed by atoms with Crippen LogP contribution in [0.3, 0.4) is 0 Å². The second-order valence-electron chi connectivity index (χ2n) is 7.58. The second kappa shape index (κ2) is 8.74. The molecule has 2 unspecified atom stereocenters. The van der Waals surface area contributed by atoms with Gasteiger partial charge in [0.1, 0.15) is 12.3 Å². The van der Waals surface area contributed by atoms with Gasteiger partial charge in [-0.15, -0.1) is 0 Å². The van der Waals surface area contributed by atoms with E-state index in [1.807, 2.05) is 0 Å². The number of aliphatic carboxylic acids is 1. The average Bonchev–Trinajstić information content (AvgIpc) is 2.76. The van der Waals surface area contributed by atoms with Crippen molar-refractivity contribution in [3.63, 3.8) is 0 Å². The number of ether oxygens (including phenoxy) is 1. The Morgan fingerprint density at radius 1 is 1.33 bits per heavy atom. The third kappa shape index (κ3) is 4.40. The van der Waals surface area contributed by atoms with Crippen molar-refractivity contribution in [3.05, 3.63) is 36.3 Å². The lowest BCUT2D eigenvalue weighted by Crippen LogP contribution is -2.41. The smallest absolute Gasteiger partial charge is 0.306 e. The summed E-state index contributed by atoms with van der Waals surface area (Å²) in [6, 6.07) is 6.92. The number of benzene rings is 1. The van der Waals surface area contributed by atoms with Crippen molar-refractivity contribution < 1.29 is 23.8 Å². The normalized spacial score (nSPS) is 22.0. The summed E-state index contributed by atoms with van der Waals surface area (Å²) < 4.78 is 19.7. The fraction of sp³-hybridized carbons (Fsp3) is 0.429. The van der Waals surface area contributed by atoms with Gasteiger partial charge in [0.15, 0.2) is 5.82 Å². The van der Waals surface area contributed by atoms with Gasteiger partial charge < -0.3 is 20.1 Å². The molecule has 4 rings (SSSR count). The maximum Gasteiger partial charge on any atom is 0.306 e. The summed E-state index contributed by atoms with van der Waals surface area (Å²) >= 11 is 0. The predicted molar refractivity (Wildman–Crippen MR) is 108 cm³/mol. The summed E-state index contributed by atoms with van der Waals surface area (Å²) in [5.74, 6) is -1.64. The van der Waals surface area contributed by atoms with E-state index in [-0.39, 0.29) is 36.1 Å². The van der Waals surface area contributed by atoms with E-state index in [9.17, 15) is 19.1 Å². The molecule has 1 saturated heterocycles. The number of hydrogen-bond donors (Lipinski definition) is 2. The number of rotatable bonds is 5. The Balaban J connectivity index is 1.56. The minimum Gasteiger partial charge on any atom is -0.481 e. The number of carbonyl (C=O) groups is 2. The summed E-state index contributed by atoms with van der Waals surface area (Å²) in [4.78, 5) is 33.4. The van der Waals surface area contributed by atoms with Gasteiger partial charge in [0, 0.05) is 23.8 Å². The third-order valence-electron chi connectivity index (χ3n) is 5.52. The van der Waals surface area contributed by atoms with E-state index in [1.54, 1.807) is 29.2 Å². The first kappa shape index (κ1) is 20.2. The van der Waals surface area contributed by atoms with Crippen LogP contribution >= 0.6 is 0 Å². The molecule has 9 heteroatoms. The van der Waals surface area contributed by atoms with Gasteiger partial charge in [-0.2, -0.15) is 0 Å². The number of morpholine rings is 1. The Bertz CT molecular complexity index is 954. The predicted octanol–water partition coefficient (Wildman–Crippen LogP) is 2.70. The second-order valence-corrected chi connectivity index (χ2v) is 7.58. The molecule has 2 fully saturated rings. The van der Waals surface area contributed by atoms with Gasteiger partial charge in [-0.25, -0.2) is 14.4 Å². The summed E-state index contributed by atoms with van der Waals surface area (Å²) in [6.45, 7) is 0.914. The first-order chi connectivity index (χ1) is 14.5. The topological polar surface area (TPSA) is 105 Å². The van der Waals surface area contributed by atoms with Crippen LogP contribution in [0, 0.1) is 11.7 Å². The molecule has 2 atom stereocenters. The zero-order valence-electron chi connectivity index (χ0n) is 16.4. The van der Waals surface area contributed by atoms with E-state index in [0.29, 0.717) is 37.2 Å². The van der Waals surface area contributed by atoms with Gasteiger partial charge in [-0.3, -0.25) is 9.59 Å². The number of nitrogens with one attached hydrogen (secondary N) is 1. The van der Waals surface area contributed by atoms with E-state index in [0.717, 1.165) is 19.0 Å². The number of anilines is 2. The summed E-state index contributed by atoms with van der Waals surface area (Å²) in [5, 5.41) is 12.4. The van der Waals surface area contributed by atoms with Crippen LogP contribution < -0.4 is 10.2 Å². The van der Waals surface area contributed by atoms with Crippen molar-refractivity contribution in [2.75, 3.05) is 30.0 Å². The lowest BCUT2D eigenvalue weighted by molar-refractivity contribution is -0.142. The Morgan fingerprint density at radius 3 is 3.00 bits per heavy atom. The lowest BCUT2D eigenvalue weighted by atomic mass is 9.86. The lowest BCUT2D eigenvalue weighted by Gasteiger charge is -2.27. The van der Waals surface area contributed by atoms with E-state index >= 15 is 0 Å². The largest absolute Gasteiger partial charge is 0.481 e. The Morgan fingerprint density at radius 2 is 2.20 bits per heavy atom. The van der Waals surface area contributed by atoms with Crippen LogP contribution in [-0.2, 0) is 14.3 Å². The molecule has 2 N–H and O–H groups in total. The first-order valence-corrected chi connectivity index (χ1v) is 10.0. The fourth-order valence-corrected chi connectivity index (χ4v) is 3.98. The molecule has 30 heavy (non-hydrogen) atoms. The van der Waals surface area contributed by atoms with E-state index in [1.165, 1.54) is 0 Å². The maximum atomic E-state index is 14.5. The quantitative estimate of drug-likeness (QED) is 0.775. The molecule has 1 aliphatic carbocycles. The van der Waals surface area contributed by atoms with Crippen molar-refractivity contribution in [3.8, 4) is 11.3 Å². The summed E-state index contributed by atoms with van der Waals surface area (Å²) in [5.41, 5.74) is 1.31. The molecule has 1 aromatic carbocycles. The molecule has 1 aliphatic heterocycles. The van der Waals surface area contributed by atoms with Crippen LogP contribution in [-0.4, -0.2) is 52.8 Å². The SMILES string of the molecule is O=C(O)C1CCCC(Nc2ncc(F)c(-c3cccc(N4CCOCC4=O)c3)n2)C1. The molecular weight excluding hydrogens is 391 g/mol. The van der Waals surface area contributed by atoms with Crippen LogP contribution in [0.2, 0.25) is 0 Å². The first-order valence-electron chi connectivity index (χ1n) is 10.0. The molecule has 8 nitrogen and oxygen atoms in total. The van der Waals surface area contributed by atoms with Crippen molar-refractivity contribution in [1.29, 1.82) is 0 Å². The van der Waals surface area contributed by atoms with Gasteiger partial charge in [0.2, 0.25) is 5.95 Å². The molecule has 0 bridgehead atoms. The van der Waals surface area contributed by atoms with Crippen molar-refractivity contribution >= 4 is 23.5 Å². The van der Waals surface area contributed by atoms with E-state index in [2.05, 4.69) is 15.3 Å². The van der Waals surface area contributed by atoms with Gasteiger partial charge >= 0.3 is 5.97 Å². The van der Waals surface area contributed by atoms with Crippen LogP contribution in [0.5, 0.6) is 0 Å². The minimum absolute atomic E-state index is 0.0267. The van der Waals surface area contributed by atoms with E-state index in [4.69, 9.17) is 4.74 Å². The Kier molecular flexibility index (Phi) is 5.89. The highest BCUT2D eigenvalue weighted by Crippen LogP contribution is 2.29. The fourth-order valence-electron chi connectivity index (χ4n) is 3.98. The molecule has 2 heterocycles. The molecule has 2 aromatic rings.